The quantitative estimate of drug-likeness (QED) is 0.662. The average Bonchev–Trinajstić information content (AvgIpc) is 2.19. The second kappa shape index (κ2) is 6.39. The molecule has 2 nitrogen and oxygen atoms in total. The largest absolute Gasteiger partial charge is 0.395 e. The highest BCUT2D eigenvalue weighted by Crippen LogP contribution is 2.17. The van der Waals surface area contributed by atoms with E-state index < -0.39 is 0 Å². The lowest BCUT2D eigenvalue weighted by Crippen LogP contribution is -2.42. The molecular weight excluding hydrogens is 162 g/mol. The lowest BCUT2D eigenvalue weighted by molar-refractivity contribution is 0.0887. The fraction of sp³-hybridized carbons (Fsp3) is 1.00. The molecule has 2 heteroatoms. The molecular formula is C11H23NO. The molecule has 0 amide bonds. The predicted molar refractivity (Wildman–Crippen MR) is 55.8 cm³/mol. The molecule has 0 aliphatic carbocycles. The van der Waals surface area contributed by atoms with Crippen molar-refractivity contribution in [2.45, 2.75) is 51.5 Å². The van der Waals surface area contributed by atoms with E-state index in [0.717, 1.165) is 0 Å². The summed E-state index contributed by atoms with van der Waals surface area (Å²) < 4.78 is 0. The van der Waals surface area contributed by atoms with E-state index in [0.29, 0.717) is 12.6 Å². The van der Waals surface area contributed by atoms with E-state index in [1.807, 2.05) is 0 Å². The third-order valence-corrected chi connectivity index (χ3v) is 3.01. The van der Waals surface area contributed by atoms with E-state index in [2.05, 4.69) is 11.8 Å². The second-order valence-electron chi connectivity index (χ2n) is 4.08. The van der Waals surface area contributed by atoms with Crippen LogP contribution in [-0.4, -0.2) is 35.7 Å². The maximum atomic E-state index is 9.18. The number of aliphatic hydroxyl groups excluding tert-OH is 1. The predicted octanol–water partition coefficient (Wildman–Crippen LogP) is 2.02. The lowest BCUT2D eigenvalue weighted by atomic mass is 10.0. The van der Waals surface area contributed by atoms with Crippen LogP contribution in [-0.2, 0) is 0 Å². The van der Waals surface area contributed by atoms with Gasteiger partial charge in [-0.15, -0.1) is 0 Å². The molecule has 0 unspecified atom stereocenters. The first-order valence-electron chi connectivity index (χ1n) is 5.73. The van der Waals surface area contributed by atoms with Gasteiger partial charge in [0.05, 0.1) is 6.61 Å². The van der Waals surface area contributed by atoms with Crippen LogP contribution in [0.1, 0.15) is 45.4 Å². The molecule has 1 fully saturated rings. The smallest absolute Gasteiger partial charge is 0.0586 e. The Kier molecular flexibility index (Phi) is 5.40. The summed E-state index contributed by atoms with van der Waals surface area (Å²) in [5.41, 5.74) is 0. The van der Waals surface area contributed by atoms with Crippen molar-refractivity contribution in [2.75, 3.05) is 19.7 Å². The molecule has 13 heavy (non-hydrogen) atoms. The minimum Gasteiger partial charge on any atom is -0.395 e. The Labute approximate surface area is 81.9 Å². The Morgan fingerprint density at radius 2 is 2.15 bits per heavy atom. The molecule has 1 saturated heterocycles. The molecule has 1 aliphatic rings. The second-order valence-corrected chi connectivity index (χ2v) is 4.08. The van der Waals surface area contributed by atoms with Crippen molar-refractivity contribution < 1.29 is 5.11 Å². The average molecular weight is 185 g/mol. The highest BCUT2D eigenvalue weighted by Gasteiger charge is 2.20. The van der Waals surface area contributed by atoms with Gasteiger partial charge in [0.15, 0.2) is 0 Å². The number of nitrogens with zero attached hydrogens (tertiary/aromatic N) is 1. The van der Waals surface area contributed by atoms with E-state index >= 15 is 0 Å². The third kappa shape index (κ3) is 3.65. The van der Waals surface area contributed by atoms with Crippen molar-refractivity contribution >= 4 is 0 Å². The van der Waals surface area contributed by atoms with Crippen molar-refractivity contribution in [3.63, 3.8) is 0 Å². The maximum absolute atomic E-state index is 9.18. The van der Waals surface area contributed by atoms with E-state index in [4.69, 9.17) is 0 Å². The van der Waals surface area contributed by atoms with Gasteiger partial charge in [-0.25, -0.2) is 0 Å². The van der Waals surface area contributed by atoms with Gasteiger partial charge in [-0.1, -0.05) is 26.2 Å². The fourth-order valence-corrected chi connectivity index (χ4v) is 2.13. The molecule has 78 valence electrons. The Hall–Kier alpha value is -0.0800. The molecule has 1 aliphatic heterocycles. The topological polar surface area (TPSA) is 23.5 Å². The lowest BCUT2D eigenvalue weighted by Gasteiger charge is -2.34. The Morgan fingerprint density at radius 1 is 1.31 bits per heavy atom. The molecule has 1 heterocycles. The van der Waals surface area contributed by atoms with Crippen LogP contribution >= 0.6 is 0 Å². The molecule has 0 aromatic rings. The van der Waals surface area contributed by atoms with Crippen molar-refractivity contribution in [3.05, 3.63) is 0 Å². The minimum atomic E-state index is 0.353. The van der Waals surface area contributed by atoms with Gasteiger partial charge in [0, 0.05) is 6.04 Å². The number of aliphatic hydroxyl groups is 1. The van der Waals surface area contributed by atoms with Crippen molar-refractivity contribution in [3.8, 4) is 0 Å². The zero-order valence-corrected chi connectivity index (χ0v) is 8.84. The van der Waals surface area contributed by atoms with Crippen LogP contribution in [0.2, 0.25) is 0 Å². The first-order chi connectivity index (χ1) is 6.38. The normalized spacial score (nSPS) is 24.9. The van der Waals surface area contributed by atoms with Crippen molar-refractivity contribution in [1.82, 2.24) is 4.90 Å². The molecule has 1 rings (SSSR count). The van der Waals surface area contributed by atoms with Gasteiger partial charge in [0.25, 0.3) is 0 Å². The molecule has 1 N–H and O–H groups in total. The summed E-state index contributed by atoms with van der Waals surface area (Å²) in [5.74, 6) is 0. The van der Waals surface area contributed by atoms with Gasteiger partial charge >= 0.3 is 0 Å². The van der Waals surface area contributed by atoms with Crippen LogP contribution in [0.15, 0.2) is 0 Å². The monoisotopic (exact) mass is 185 g/mol. The number of piperidine rings is 1. The highest BCUT2D eigenvalue weighted by atomic mass is 16.3. The fourth-order valence-electron chi connectivity index (χ4n) is 2.13. The SMILES string of the molecule is CCCCCN1CCCC[C@H]1CO. The number of likely N-dealkylation sites (tertiary alicyclic amines) is 1. The zero-order valence-electron chi connectivity index (χ0n) is 8.84. The summed E-state index contributed by atoms with van der Waals surface area (Å²) in [6.07, 6.45) is 7.74. The van der Waals surface area contributed by atoms with E-state index in [1.54, 1.807) is 0 Å². The van der Waals surface area contributed by atoms with Gasteiger partial charge in [0.1, 0.15) is 0 Å². The van der Waals surface area contributed by atoms with Crippen LogP contribution < -0.4 is 0 Å². The van der Waals surface area contributed by atoms with Crippen LogP contribution in [0, 0.1) is 0 Å². The van der Waals surface area contributed by atoms with Gasteiger partial charge in [-0.3, -0.25) is 4.90 Å². The van der Waals surface area contributed by atoms with Crippen LogP contribution in [0.25, 0.3) is 0 Å². The summed E-state index contributed by atoms with van der Waals surface area (Å²) in [7, 11) is 0. The van der Waals surface area contributed by atoms with Crippen molar-refractivity contribution in [1.29, 1.82) is 0 Å². The first kappa shape index (κ1) is 11.0. The summed E-state index contributed by atoms with van der Waals surface area (Å²) in [5, 5.41) is 9.18. The molecule has 0 saturated carbocycles. The number of hydrogen-bond acceptors (Lipinski definition) is 2. The number of unbranched alkanes of at least 4 members (excludes halogenated alkanes) is 2. The van der Waals surface area contributed by atoms with E-state index in [9.17, 15) is 5.11 Å². The number of rotatable bonds is 5. The Bertz CT molecular complexity index is 127. The molecule has 1 atom stereocenters. The van der Waals surface area contributed by atoms with Gasteiger partial charge < -0.3 is 5.11 Å². The molecule has 0 aromatic carbocycles. The van der Waals surface area contributed by atoms with Gasteiger partial charge in [-0.2, -0.15) is 0 Å². The zero-order chi connectivity index (χ0) is 9.52. The van der Waals surface area contributed by atoms with Crippen molar-refractivity contribution in [2.24, 2.45) is 0 Å². The Morgan fingerprint density at radius 3 is 2.85 bits per heavy atom. The molecule has 0 bridgehead atoms. The van der Waals surface area contributed by atoms with Crippen LogP contribution in [0.4, 0.5) is 0 Å². The molecule has 0 spiro atoms. The summed E-state index contributed by atoms with van der Waals surface area (Å²) in [6.45, 7) is 4.99. The molecule has 0 radical (unpaired) electrons. The summed E-state index contributed by atoms with van der Waals surface area (Å²) >= 11 is 0. The summed E-state index contributed by atoms with van der Waals surface area (Å²) in [4.78, 5) is 2.47. The van der Waals surface area contributed by atoms with E-state index in [1.165, 1.54) is 51.6 Å². The summed E-state index contributed by atoms with van der Waals surface area (Å²) in [6, 6.07) is 0.464. The van der Waals surface area contributed by atoms with Gasteiger partial charge in [-0.05, 0) is 32.4 Å². The van der Waals surface area contributed by atoms with Gasteiger partial charge in [0.2, 0.25) is 0 Å². The molecule has 0 aromatic heterocycles. The number of hydrogen-bond donors (Lipinski definition) is 1. The standard InChI is InChI=1S/C11H23NO/c1-2-3-5-8-12-9-6-4-7-11(12)10-13/h11,13H,2-10H2,1H3/t11-/m0/s1. The van der Waals surface area contributed by atoms with Crippen LogP contribution in [0.3, 0.4) is 0 Å². The maximum Gasteiger partial charge on any atom is 0.0586 e. The Balaban J connectivity index is 2.19. The van der Waals surface area contributed by atoms with Crippen LogP contribution in [0.5, 0.6) is 0 Å². The van der Waals surface area contributed by atoms with E-state index in [-0.39, 0.29) is 0 Å². The third-order valence-electron chi connectivity index (χ3n) is 3.01. The minimum absolute atomic E-state index is 0.353. The highest BCUT2D eigenvalue weighted by molar-refractivity contribution is 4.75. The first-order valence-corrected chi connectivity index (χ1v) is 5.73.